The molecule has 2 aromatic rings. The molecule has 20 heavy (non-hydrogen) atoms. The summed E-state index contributed by atoms with van der Waals surface area (Å²) in [5.41, 5.74) is 2.91. The molecule has 0 aliphatic rings. The standard InChI is InChI=1S/C14H15N3O3/c1-9-3-4-10(2)12(7-9)15-14(20)11-5-6-17(16-11)8-13(18)19/h3-7H,8H2,1-2H3,(H,15,20)(H,18,19). The number of carboxylic acids is 1. The molecule has 0 radical (unpaired) electrons. The van der Waals surface area contributed by atoms with Crippen molar-refractivity contribution < 1.29 is 14.7 Å². The molecule has 0 bridgehead atoms. The summed E-state index contributed by atoms with van der Waals surface area (Å²) < 4.78 is 1.21. The van der Waals surface area contributed by atoms with Crippen molar-refractivity contribution >= 4 is 17.6 Å². The van der Waals surface area contributed by atoms with Crippen LogP contribution in [0, 0.1) is 13.8 Å². The minimum Gasteiger partial charge on any atom is -0.480 e. The molecule has 1 heterocycles. The van der Waals surface area contributed by atoms with Gasteiger partial charge in [-0.1, -0.05) is 12.1 Å². The maximum atomic E-state index is 12.0. The fraction of sp³-hybridized carbons (Fsp3) is 0.214. The summed E-state index contributed by atoms with van der Waals surface area (Å²) in [5, 5.41) is 15.3. The highest BCUT2D eigenvalue weighted by Gasteiger charge is 2.12. The van der Waals surface area contributed by atoms with Crippen LogP contribution >= 0.6 is 0 Å². The third kappa shape index (κ3) is 3.23. The van der Waals surface area contributed by atoms with Gasteiger partial charge in [-0.05, 0) is 37.1 Å². The van der Waals surface area contributed by atoms with Crippen molar-refractivity contribution in [3.63, 3.8) is 0 Å². The van der Waals surface area contributed by atoms with Crippen LogP contribution < -0.4 is 5.32 Å². The number of hydrogen-bond acceptors (Lipinski definition) is 3. The van der Waals surface area contributed by atoms with Crippen LogP contribution in [0.15, 0.2) is 30.5 Å². The van der Waals surface area contributed by atoms with Crippen molar-refractivity contribution in [1.29, 1.82) is 0 Å². The van der Waals surface area contributed by atoms with Crippen molar-refractivity contribution in [2.45, 2.75) is 20.4 Å². The molecule has 2 rings (SSSR count). The van der Waals surface area contributed by atoms with Gasteiger partial charge in [0.2, 0.25) is 0 Å². The fourth-order valence-corrected chi connectivity index (χ4v) is 1.77. The molecule has 1 aromatic heterocycles. The minimum absolute atomic E-state index is 0.187. The number of hydrogen-bond donors (Lipinski definition) is 2. The monoisotopic (exact) mass is 273 g/mol. The average Bonchev–Trinajstić information content (AvgIpc) is 2.81. The largest absolute Gasteiger partial charge is 0.480 e. The van der Waals surface area contributed by atoms with E-state index < -0.39 is 5.97 Å². The van der Waals surface area contributed by atoms with E-state index in [1.807, 2.05) is 32.0 Å². The van der Waals surface area contributed by atoms with E-state index in [1.165, 1.54) is 16.9 Å². The number of anilines is 1. The van der Waals surface area contributed by atoms with Crippen LogP contribution in [-0.4, -0.2) is 26.8 Å². The summed E-state index contributed by atoms with van der Waals surface area (Å²) in [4.78, 5) is 22.6. The number of nitrogens with zero attached hydrogens (tertiary/aromatic N) is 2. The smallest absolute Gasteiger partial charge is 0.325 e. The van der Waals surface area contributed by atoms with Gasteiger partial charge >= 0.3 is 5.97 Å². The van der Waals surface area contributed by atoms with Gasteiger partial charge in [-0.25, -0.2) is 0 Å². The maximum absolute atomic E-state index is 12.0. The molecule has 0 fully saturated rings. The molecular formula is C14H15N3O3. The number of carbonyl (C=O) groups excluding carboxylic acids is 1. The van der Waals surface area contributed by atoms with Crippen LogP contribution in [0.25, 0.3) is 0 Å². The van der Waals surface area contributed by atoms with Gasteiger partial charge < -0.3 is 10.4 Å². The fourth-order valence-electron chi connectivity index (χ4n) is 1.77. The summed E-state index contributed by atoms with van der Waals surface area (Å²) >= 11 is 0. The van der Waals surface area contributed by atoms with Gasteiger partial charge in [0, 0.05) is 11.9 Å². The van der Waals surface area contributed by atoms with Crippen LogP contribution in [0.5, 0.6) is 0 Å². The molecule has 6 nitrogen and oxygen atoms in total. The molecular weight excluding hydrogens is 258 g/mol. The van der Waals surface area contributed by atoms with E-state index in [2.05, 4.69) is 10.4 Å². The topological polar surface area (TPSA) is 84.2 Å². The zero-order valence-corrected chi connectivity index (χ0v) is 11.3. The van der Waals surface area contributed by atoms with Gasteiger partial charge in [0.05, 0.1) is 0 Å². The molecule has 0 spiro atoms. The van der Waals surface area contributed by atoms with E-state index in [0.717, 1.165) is 16.8 Å². The van der Waals surface area contributed by atoms with Crippen molar-refractivity contribution in [2.75, 3.05) is 5.32 Å². The van der Waals surface area contributed by atoms with Crippen LogP contribution in [0.3, 0.4) is 0 Å². The van der Waals surface area contributed by atoms with Gasteiger partial charge in [-0.2, -0.15) is 5.10 Å². The molecule has 1 amide bonds. The Morgan fingerprint density at radius 3 is 2.75 bits per heavy atom. The number of carboxylic acid groups (broad SMARTS) is 1. The highest BCUT2D eigenvalue weighted by Crippen LogP contribution is 2.17. The third-order valence-corrected chi connectivity index (χ3v) is 2.81. The quantitative estimate of drug-likeness (QED) is 0.890. The Balaban J connectivity index is 2.13. The van der Waals surface area contributed by atoms with Crippen molar-refractivity contribution in [3.05, 3.63) is 47.3 Å². The number of benzene rings is 1. The van der Waals surface area contributed by atoms with Crippen molar-refractivity contribution in [3.8, 4) is 0 Å². The highest BCUT2D eigenvalue weighted by atomic mass is 16.4. The number of aryl methyl sites for hydroxylation is 2. The number of aliphatic carboxylic acids is 1. The number of amides is 1. The Morgan fingerprint density at radius 1 is 1.30 bits per heavy atom. The molecule has 0 unspecified atom stereocenters. The van der Waals surface area contributed by atoms with E-state index in [-0.39, 0.29) is 18.1 Å². The summed E-state index contributed by atoms with van der Waals surface area (Å²) in [5.74, 6) is -1.36. The van der Waals surface area contributed by atoms with Crippen LogP contribution in [0.1, 0.15) is 21.6 Å². The molecule has 1 aromatic carbocycles. The molecule has 2 N–H and O–H groups in total. The Morgan fingerprint density at radius 2 is 2.05 bits per heavy atom. The normalized spacial score (nSPS) is 10.3. The minimum atomic E-state index is -1.01. The van der Waals surface area contributed by atoms with Gasteiger partial charge in [0.25, 0.3) is 5.91 Å². The van der Waals surface area contributed by atoms with Gasteiger partial charge in [-0.3, -0.25) is 14.3 Å². The van der Waals surface area contributed by atoms with Crippen LogP contribution in [-0.2, 0) is 11.3 Å². The predicted octanol–water partition coefficient (Wildman–Crippen LogP) is 1.84. The lowest BCUT2D eigenvalue weighted by Crippen LogP contribution is -2.15. The molecule has 104 valence electrons. The Kier molecular flexibility index (Phi) is 3.84. The van der Waals surface area contributed by atoms with E-state index in [9.17, 15) is 9.59 Å². The first-order valence-corrected chi connectivity index (χ1v) is 6.09. The van der Waals surface area contributed by atoms with Crippen LogP contribution in [0.4, 0.5) is 5.69 Å². The van der Waals surface area contributed by atoms with Gasteiger partial charge in [-0.15, -0.1) is 0 Å². The van der Waals surface area contributed by atoms with E-state index in [0.29, 0.717) is 0 Å². The number of carbonyl (C=O) groups is 2. The second-order valence-corrected chi connectivity index (χ2v) is 4.56. The Labute approximate surface area is 116 Å². The number of nitrogens with one attached hydrogen (secondary N) is 1. The van der Waals surface area contributed by atoms with Gasteiger partial charge in [0.15, 0.2) is 5.69 Å². The highest BCUT2D eigenvalue weighted by molar-refractivity contribution is 6.03. The summed E-state index contributed by atoms with van der Waals surface area (Å²) in [6.45, 7) is 3.57. The second-order valence-electron chi connectivity index (χ2n) is 4.56. The van der Waals surface area contributed by atoms with Crippen LogP contribution in [0.2, 0.25) is 0 Å². The molecule has 0 aliphatic heterocycles. The molecule has 6 heteroatoms. The number of rotatable bonds is 4. The third-order valence-electron chi connectivity index (χ3n) is 2.81. The SMILES string of the molecule is Cc1ccc(C)c(NC(=O)c2ccn(CC(=O)O)n2)c1. The molecule has 0 saturated carbocycles. The first-order valence-electron chi connectivity index (χ1n) is 6.09. The first-order chi connectivity index (χ1) is 9.45. The lowest BCUT2D eigenvalue weighted by molar-refractivity contribution is -0.137. The second kappa shape index (κ2) is 5.56. The van der Waals surface area contributed by atoms with Gasteiger partial charge in [0.1, 0.15) is 6.54 Å². The summed E-state index contributed by atoms with van der Waals surface area (Å²) in [7, 11) is 0. The van der Waals surface area contributed by atoms with E-state index in [1.54, 1.807) is 0 Å². The zero-order chi connectivity index (χ0) is 14.7. The molecule has 0 atom stereocenters. The van der Waals surface area contributed by atoms with E-state index >= 15 is 0 Å². The lowest BCUT2D eigenvalue weighted by atomic mass is 10.1. The predicted molar refractivity (Wildman–Crippen MR) is 73.7 cm³/mol. The first kappa shape index (κ1) is 13.8. The Hall–Kier alpha value is -2.63. The van der Waals surface area contributed by atoms with Crippen molar-refractivity contribution in [1.82, 2.24) is 9.78 Å². The zero-order valence-electron chi connectivity index (χ0n) is 11.3. The summed E-state index contributed by atoms with van der Waals surface area (Å²) in [6.07, 6.45) is 1.46. The molecule has 0 aliphatic carbocycles. The number of aromatic nitrogens is 2. The molecule has 0 saturated heterocycles. The Bertz CT molecular complexity index is 661. The maximum Gasteiger partial charge on any atom is 0.325 e. The van der Waals surface area contributed by atoms with E-state index in [4.69, 9.17) is 5.11 Å². The summed E-state index contributed by atoms with van der Waals surface area (Å²) in [6, 6.07) is 7.26. The average molecular weight is 273 g/mol. The van der Waals surface area contributed by atoms with Crippen molar-refractivity contribution in [2.24, 2.45) is 0 Å². The lowest BCUT2D eigenvalue weighted by Gasteiger charge is -2.07.